The van der Waals surface area contributed by atoms with Crippen molar-refractivity contribution in [1.29, 1.82) is 0 Å². The number of H-pyrrole nitrogens is 1. The Labute approximate surface area is 110 Å². The Bertz CT molecular complexity index is 689. The van der Waals surface area contributed by atoms with Crippen LogP contribution in [0.25, 0.3) is 11.4 Å². The van der Waals surface area contributed by atoms with Gasteiger partial charge in [-0.2, -0.15) is 0 Å². The molecule has 0 atom stereocenters. The maximum Gasteiger partial charge on any atom is 0.308 e. The third kappa shape index (κ3) is 2.70. The van der Waals surface area contributed by atoms with E-state index in [1.165, 1.54) is 0 Å². The second-order valence-corrected chi connectivity index (χ2v) is 4.36. The van der Waals surface area contributed by atoms with Gasteiger partial charge in [0.2, 0.25) is 0 Å². The van der Waals surface area contributed by atoms with Crippen LogP contribution < -0.4 is 5.56 Å². The summed E-state index contributed by atoms with van der Waals surface area (Å²) >= 11 is 0. The molecule has 98 valence electrons. The number of hydrogen-bond donors (Lipinski definition) is 2. The minimum absolute atomic E-state index is 0.199. The van der Waals surface area contributed by atoms with E-state index in [1.54, 1.807) is 6.92 Å². The Morgan fingerprint density at radius 3 is 2.58 bits per heavy atom. The predicted octanol–water partition coefficient (Wildman–Crippen LogP) is 1.68. The molecular formula is C14H14N2O3. The van der Waals surface area contributed by atoms with E-state index in [0.29, 0.717) is 11.5 Å². The molecule has 0 spiro atoms. The van der Waals surface area contributed by atoms with Gasteiger partial charge in [-0.1, -0.05) is 24.3 Å². The summed E-state index contributed by atoms with van der Waals surface area (Å²) in [6.07, 6.45) is -0.317. The van der Waals surface area contributed by atoms with E-state index in [4.69, 9.17) is 5.11 Å². The van der Waals surface area contributed by atoms with Crippen LogP contribution in [0, 0.1) is 13.8 Å². The number of carboxylic acids is 1. The van der Waals surface area contributed by atoms with E-state index >= 15 is 0 Å². The summed E-state index contributed by atoms with van der Waals surface area (Å²) in [7, 11) is 0. The average molecular weight is 258 g/mol. The molecule has 0 aliphatic heterocycles. The van der Waals surface area contributed by atoms with Crippen LogP contribution in [0.2, 0.25) is 0 Å². The molecule has 2 aromatic rings. The number of nitrogens with zero attached hydrogens (tertiary/aromatic N) is 1. The minimum Gasteiger partial charge on any atom is -0.481 e. The van der Waals surface area contributed by atoms with Crippen molar-refractivity contribution in [2.75, 3.05) is 0 Å². The van der Waals surface area contributed by atoms with Crippen molar-refractivity contribution in [2.45, 2.75) is 20.3 Å². The van der Waals surface area contributed by atoms with Gasteiger partial charge in [0.05, 0.1) is 6.42 Å². The molecule has 1 aromatic heterocycles. The molecular weight excluding hydrogens is 244 g/mol. The first-order chi connectivity index (χ1) is 8.99. The van der Waals surface area contributed by atoms with Crippen LogP contribution in [0.4, 0.5) is 0 Å². The predicted molar refractivity (Wildman–Crippen MR) is 71.1 cm³/mol. The maximum atomic E-state index is 11.9. The first-order valence-corrected chi connectivity index (χ1v) is 5.86. The smallest absolute Gasteiger partial charge is 0.308 e. The SMILES string of the molecule is Cc1ccccc1-c1nc(C)c(CC(=O)O)c(=O)[nH]1. The number of aromatic nitrogens is 2. The molecule has 19 heavy (non-hydrogen) atoms. The van der Waals surface area contributed by atoms with Crippen LogP contribution in [-0.4, -0.2) is 21.0 Å². The van der Waals surface area contributed by atoms with Crippen LogP contribution in [0.15, 0.2) is 29.1 Å². The first-order valence-electron chi connectivity index (χ1n) is 5.86. The lowest BCUT2D eigenvalue weighted by Crippen LogP contribution is -2.20. The van der Waals surface area contributed by atoms with Crippen LogP contribution in [0.5, 0.6) is 0 Å². The highest BCUT2D eigenvalue weighted by Crippen LogP contribution is 2.18. The van der Waals surface area contributed by atoms with Gasteiger partial charge in [-0.25, -0.2) is 4.98 Å². The lowest BCUT2D eigenvalue weighted by atomic mass is 10.1. The summed E-state index contributed by atoms with van der Waals surface area (Å²) in [4.78, 5) is 29.6. The summed E-state index contributed by atoms with van der Waals surface area (Å²) in [5.74, 6) is -0.575. The standard InChI is InChI=1S/C14H14N2O3/c1-8-5-3-4-6-10(8)13-15-9(2)11(7-12(17)18)14(19)16-13/h3-6H,7H2,1-2H3,(H,17,18)(H,15,16,19). The number of nitrogens with one attached hydrogen (secondary N) is 1. The Morgan fingerprint density at radius 1 is 1.32 bits per heavy atom. The van der Waals surface area contributed by atoms with Crippen molar-refractivity contribution in [3.63, 3.8) is 0 Å². The van der Waals surface area contributed by atoms with E-state index in [-0.39, 0.29) is 12.0 Å². The van der Waals surface area contributed by atoms with E-state index < -0.39 is 11.5 Å². The second kappa shape index (κ2) is 5.06. The van der Waals surface area contributed by atoms with Gasteiger partial charge >= 0.3 is 5.97 Å². The van der Waals surface area contributed by atoms with E-state index in [0.717, 1.165) is 11.1 Å². The number of carboxylic acid groups (broad SMARTS) is 1. The molecule has 2 N–H and O–H groups in total. The van der Waals surface area contributed by atoms with Crippen LogP contribution >= 0.6 is 0 Å². The highest BCUT2D eigenvalue weighted by molar-refractivity contribution is 5.70. The molecule has 0 fully saturated rings. The Hall–Kier alpha value is -2.43. The normalized spacial score (nSPS) is 10.4. The van der Waals surface area contributed by atoms with Gasteiger partial charge in [-0.05, 0) is 19.4 Å². The van der Waals surface area contributed by atoms with Crippen molar-refractivity contribution in [2.24, 2.45) is 0 Å². The zero-order valence-corrected chi connectivity index (χ0v) is 10.7. The van der Waals surface area contributed by atoms with Gasteiger partial charge in [-0.3, -0.25) is 9.59 Å². The zero-order chi connectivity index (χ0) is 14.0. The Kier molecular flexibility index (Phi) is 3.46. The minimum atomic E-state index is -1.04. The second-order valence-electron chi connectivity index (χ2n) is 4.36. The molecule has 1 aromatic carbocycles. The summed E-state index contributed by atoms with van der Waals surface area (Å²) in [6.45, 7) is 3.57. The highest BCUT2D eigenvalue weighted by Gasteiger charge is 2.13. The van der Waals surface area contributed by atoms with E-state index in [9.17, 15) is 9.59 Å². The van der Waals surface area contributed by atoms with Crippen LogP contribution in [-0.2, 0) is 11.2 Å². The molecule has 0 aliphatic carbocycles. The molecule has 0 bridgehead atoms. The zero-order valence-electron chi connectivity index (χ0n) is 10.7. The highest BCUT2D eigenvalue weighted by atomic mass is 16.4. The van der Waals surface area contributed by atoms with Crippen LogP contribution in [0.1, 0.15) is 16.8 Å². The van der Waals surface area contributed by atoms with Crippen molar-refractivity contribution in [3.05, 3.63) is 51.4 Å². The lowest BCUT2D eigenvalue weighted by Gasteiger charge is -2.08. The van der Waals surface area contributed by atoms with Crippen molar-refractivity contribution in [3.8, 4) is 11.4 Å². The van der Waals surface area contributed by atoms with Gasteiger partial charge in [0.1, 0.15) is 5.82 Å². The van der Waals surface area contributed by atoms with Gasteiger partial charge < -0.3 is 10.1 Å². The molecule has 0 radical (unpaired) electrons. The molecule has 5 nitrogen and oxygen atoms in total. The average Bonchev–Trinajstić information content (AvgIpc) is 2.34. The summed E-state index contributed by atoms with van der Waals surface area (Å²) in [5, 5.41) is 8.77. The number of hydrogen-bond acceptors (Lipinski definition) is 3. The van der Waals surface area contributed by atoms with Gasteiger partial charge in [0.25, 0.3) is 5.56 Å². The van der Waals surface area contributed by atoms with E-state index in [2.05, 4.69) is 9.97 Å². The number of benzene rings is 1. The molecule has 2 rings (SSSR count). The molecule has 0 unspecified atom stereocenters. The Balaban J connectivity index is 2.55. The van der Waals surface area contributed by atoms with Gasteiger partial charge in [-0.15, -0.1) is 0 Å². The van der Waals surface area contributed by atoms with Crippen LogP contribution in [0.3, 0.4) is 0 Å². The Morgan fingerprint density at radius 2 is 2.00 bits per heavy atom. The molecule has 5 heteroatoms. The number of aryl methyl sites for hydroxylation is 2. The van der Waals surface area contributed by atoms with E-state index in [1.807, 2.05) is 31.2 Å². The molecule has 1 heterocycles. The van der Waals surface area contributed by atoms with Gasteiger partial charge in [0.15, 0.2) is 0 Å². The molecule has 0 saturated carbocycles. The number of carbonyl (C=O) groups is 1. The lowest BCUT2D eigenvalue weighted by molar-refractivity contribution is -0.136. The number of rotatable bonds is 3. The molecule has 0 aliphatic rings. The maximum absolute atomic E-state index is 11.9. The molecule has 0 amide bonds. The summed E-state index contributed by atoms with van der Waals surface area (Å²) in [5.41, 5.74) is 2.09. The third-order valence-electron chi connectivity index (χ3n) is 2.95. The van der Waals surface area contributed by atoms with Crippen molar-refractivity contribution >= 4 is 5.97 Å². The summed E-state index contributed by atoms with van der Waals surface area (Å²) in [6, 6.07) is 7.56. The van der Waals surface area contributed by atoms with Crippen molar-refractivity contribution in [1.82, 2.24) is 9.97 Å². The number of aromatic amines is 1. The largest absolute Gasteiger partial charge is 0.481 e. The van der Waals surface area contributed by atoms with Crippen molar-refractivity contribution < 1.29 is 9.90 Å². The molecule has 0 saturated heterocycles. The van der Waals surface area contributed by atoms with Gasteiger partial charge in [0, 0.05) is 16.8 Å². The third-order valence-corrected chi connectivity index (χ3v) is 2.95. The monoisotopic (exact) mass is 258 g/mol. The topological polar surface area (TPSA) is 83.0 Å². The summed E-state index contributed by atoms with van der Waals surface area (Å²) < 4.78 is 0. The fourth-order valence-corrected chi connectivity index (χ4v) is 1.94. The fourth-order valence-electron chi connectivity index (χ4n) is 1.94. The number of aliphatic carboxylic acids is 1. The fraction of sp³-hybridized carbons (Fsp3) is 0.214. The first kappa shape index (κ1) is 13.0. The quantitative estimate of drug-likeness (QED) is 0.877.